The normalized spacial score (nSPS) is 29.0. The van der Waals surface area contributed by atoms with E-state index in [1.807, 2.05) is 39.0 Å². The van der Waals surface area contributed by atoms with Crippen molar-refractivity contribution in [2.75, 3.05) is 7.11 Å². The van der Waals surface area contributed by atoms with E-state index in [0.29, 0.717) is 40.2 Å². The Bertz CT molecular complexity index is 1860. The second-order valence-electron chi connectivity index (χ2n) is 12.1. The summed E-state index contributed by atoms with van der Waals surface area (Å²) in [5.41, 5.74) is 8.01. The first-order chi connectivity index (χ1) is 21.0. The van der Waals surface area contributed by atoms with Crippen LogP contribution in [0.15, 0.2) is 29.1 Å². The molecule has 1 saturated heterocycles. The monoisotopic (exact) mass is 616 g/mol. The number of allylic oxidation sites excluding steroid dienone is 2. The number of carbonyl (C=O) groups is 3. The van der Waals surface area contributed by atoms with Gasteiger partial charge in [0.1, 0.15) is 5.92 Å². The van der Waals surface area contributed by atoms with Crippen molar-refractivity contribution >= 4 is 70.7 Å². The fraction of sp³-hybridized carbons (Fsp3) is 0.400. The fourth-order valence-electron chi connectivity index (χ4n) is 7.27. The van der Waals surface area contributed by atoms with Crippen molar-refractivity contribution in [1.82, 2.24) is 9.97 Å². The number of carbonyl (C=O) groups excluding carboxylic acids is 2. The minimum absolute atomic E-state index is 0. The zero-order valence-corrected chi connectivity index (χ0v) is 28.0. The Balaban J connectivity index is 0.00000400. The molecule has 6 rings (SSSR count). The summed E-state index contributed by atoms with van der Waals surface area (Å²) in [6.45, 7) is 14.1. The maximum atomic E-state index is 14.0. The van der Waals surface area contributed by atoms with Crippen molar-refractivity contribution in [3.8, 4) is 0 Å². The molecule has 2 aromatic heterocycles. The van der Waals surface area contributed by atoms with E-state index in [9.17, 15) is 19.5 Å². The topological polar surface area (TPSA) is 137 Å². The zero-order valence-electron chi connectivity index (χ0n) is 26.6. The summed E-state index contributed by atoms with van der Waals surface area (Å²) in [6.07, 6.45) is 8.81. The predicted molar refractivity (Wildman–Crippen MR) is 175 cm³/mol. The van der Waals surface area contributed by atoms with Gasteiger partial charge in [-0.3, -0.25) is 14.4 Å². The van der Waals surface area contributed by atoms with Gasteiger partial charge in [-0.25, -0.2) is 0 Å². The standard InChI is InChI=1S/C35H38N4O5.Mg/c1-8-19-15(3)22-12-24-17(5)21(10-11-28(40)41)32(38-24)30-31(35(43)44-7)34(42)29-18(6)25(39-33(29)30)14-27-20(9-2)16(4)23(37-27)13-26(19)36-22;/h8,12-14,17,21,23-24,31H,1,9-11H2,2-7H3,(H3,38,39,40,41,42);/q-2;+2/p-2/b22-12-,26-13-,27-14-;/t17-,21-,23?,24?,31+;/m0./s1. The molecular formula is C35H36MgN4O5-2. The van der Waals surface area contributed by atoms with Crippen molar-refractivity contribution < 1.29 is 24.2 Å². The van der Waals surface area contributed by atoms with Crippen LogP contribution in [0.25, 0.3) is 40.5 Å². The molecule has 0 aromatic carbocycles. The molecule has 5 heterocycles. The molecule has 0 amide bonds. The number of hydrogen-bond acceptors (Lipinski definition) is 4. The Kier molecular flexibility index (Phi) is 8.85. The van der Waals surface area contributed by atoms with Crippen LogP contribution in [-0.4, -0.2) is 65.1 Å². The Morgan fingerprint density at radius 2 is 1.82 bits per heavy atom. The van der Waals surface area contributed by atoms with Crippen molar-refractivity contribution in [2.24, 2.45) is 17.8 Å². The molecule has 9 nitrogen and oxygen atoms in total. The van der Waals surface area contributed by atoms with Crippen LogP contribution >= 0.6 is 0 Å². The van der Waals surface area contributed by atoms with E-state index in [0.717, 1.165) is 45.1 Å². The fourth-order valence-corrected chi connectivity index (χ4v) is 7.27. The minimum Gasteiger partial charge on any atom is -0.681 e. The van der Waals surface area contributed by atoms with Gasteiger partial charge in [0.25, 0.3) is 0 Å². The van der Waals surface area contributed by atoms with Gasteiger partial charge >= 0.3 is 35.0 Å². The van der Waals surface area contributed by atoms with Crippen LogP contribution in [0.1, 0.15) is 78.5 Å². The van der Waals surface area contributed by atoms with Gasteiger partial charge in [0.15, 0.2) is 5.78 Å². The summed E-state index contributed by atoms with van der Waals surface area (Å²) < 4.78 is 5.12. The summed E-state index contributed by atoms with van der Waals surface area (Å²) in [7, 11) is 1.26. The van der Waals surface area contributed by atoms with Crippen molar-refractivity contribution in [2.45, 2.75) is 66.0 Å². The van der Waals surface area contributed by atoms with Crippen molar-refractivity contribution in [3.63, 3.8) is 0 Å². The molecule has 2 unspecified atom stereocenters. The number of ether oxygens (including phenoxy) is 1. The number of aliphatic carboxylic acids is 1. The van der Waals surface area contributed by atoms with Gasteiger partial charge in [0.05, 0.1) is 7.11 Å². The first-order valence-electron chi connectivity index (χ1n) is 15.1. The number of carboxylic acid groups (broad SMARTS) is 1. The van der Waals surface area contributed by atoms with Crippen LogP contribution in [0, 0.1) is 31.6 Å². The third-order valence-electron chi connectivity index (χ3n) is 9.76. The number of fused-ring (bicyclic) bond motifs is 7. The van der Waals surface area contributed by atoms with E-state index in [2.05, 4.69) is 26.5 Å². The molecule has 4 aliphatic rings. The molecule has 0 saturated carbocycles. The number of ketones is 1. The van der Waals surface area contributed by atoms with E-state index in [-0.39, 0.29) is 59.2 Å². The molecule has 230 valence electrons. The van der Waals surface area contributed by atoms with Crippen LogP contribution in [0.5, 0.6) is 0 Å². The first-order valence-corrected chi connectivity index (χ1v) is 15.1. The molecule has 10 heteroatoms. The summed E-state index contributed by atoms with van der Waals surface area (Å²) in [5, 5.41) is 21.4. The van der Waals surface area contributed by atoms with E-state index < -0.39 is 17.9 Å². The maximum Gasteiger partial charge on any atom is 2.00 e. The predicted octanol–water partition coefficient (Wildman–Crippen LogP) is 4.15. The van der Waals surface area contributed by atoms with Gasteiger partial charge in [-0.1, -0.05) is 72.5 Å². The number of aromatic nitrogens is 2. The molecular weight excluding hydrogens is 581 g/mol. The smallest absolute Gasteiger partial charge is 0.681 e. The van der Waals surface area contributed by atoms with Crippen LogP contribution in [0.3, 0.4) is 0 Å². The average molecular weight is 617 g/mol. The molecule has 45 heavy (non-hydrogen) atoms. The number of carboxylic acids is 1. The second-order valence-corrected chi connectivity index (χ2v) is 12.1. The van der Waals surface area contributed by atoms with Crippen LogP contribution in [0.4, 0.5) is 0 Å². The first kappa shape index (κ1) is 32.6. The third kappa shape index (κ3) is 5.12. The summed E-state index contributed by atoms with van der Waals surface area (Å²) in [5.74, 6) is -3.64. The number of rotatable bonds is 6. The Hall–Kier alpha value is -3.76. The van der Waals surface area contributed by atoms with E-state index in [1.54, 1.807) is 0 Å². The second kappa shape index (κ2) is 12.2. The molecule has 1 aliphatic carbocycles. The minimum atomic E-state index is -1.21. The third-order valence-corrected chi connectivity index (χ3v) is 9.76. The van der Waals surface area contributed by atoms with E-state index >= 15 is 0 Å². The van der Waals surface area contributed by atoms with E-state index in [1.165, 1.54) is 7.11 Å². The van der Waals surface area contributed by atoms with Gasteiger partial charge in [0.2, 0.25) is 0 Å². The molecule has 0 radical (unpaired) electrons. The summed E-state index contributed by atoms with van der Waals surface area (Å²) >= 11 is 0. The molecule has 8 bridgehead atoms. The SMILES string of the molecule is C=Cc1c(C)/c2[n-]/c1=C\C1[N-]/C(=C\c3[n-]c4c(c3C)C(=O)[C@H](C(=O)OC)/C4=C3/[N-]C(\C=2)[C@@H](C)[C@@H]3CCC(=O)O)C(CC)=C1C.[Mg+2]. The largest absolute Gasteiger partial charge is 2.00 e. The number of Topliss-reactive ketones (excluding diaryl/α,β-unsaturated/α-hetero) is 1. The molecule has 0 spiro atoms. The molecule has 1 fully saturated rings. The quantitative estimate of drug-likeness (QED) is 0.292. The van der Waals surface area contributed by atoms with Gasteiger partial charge in [-0.15, -0.1) is 39.9 Å². The zero-order chi connectivity index (χ0) is 31.6. The van der Waals surface area contributed by atoms with E-state index in [4.69, 9.17) is 25.3 Å². The summed E-state index contributed by atoms with van der Waals surface area (Å²) in [4.78, 5) is 48.9. The number of esters is 1. The average Bonchev–Trinajstić information content (AvgIpc) is 3.72. The Morgan fingerprint density at radius 1 is 1.09 bits per heavy atom. The van der Waals surface area contributed by atoms with Gasteiger partial charge < -0.3 is 30.4 Å². The van der Waals surface area contributed by atoms with Gasteiger partial charge in [-0.05, 0) is 51.0 Å². The van der Waals surface area contributed by atoms with Gasteiger partial charge in [-0.2, -0.15) is 5.70 Å². The van der Waals surface area contributed by atoms with Crippen LogP contribution in [0.2, 0.25) is 0 Å². The van der Waals surface area contributed by atoms with Gasteiger partial charge in [0, 0.05) is 12.0 Å². The molecule has 2 aromatic rings. The number of nitrogens with zero attached hydrogens (tertiary/aromatic N) is 4. The van der Waals surface area contributed by atoms with Crippen LogP contribution in [-0.2, 0) is 14.3 Å². The van der Waals surface area contributed by atoms with Crippen molar-refractivity contribution in [1.29, 1.82) is 0 Å². The molecule has 5 atom stereocenters. The summed E-state index contributed by atoms with van der Waals surface area (Å²) in [6, 6.07) is -0.581. The molecule has 1 N–H and O–H groups in total. The Labute approximate surface area is 278 Å². The van der Waals surface area contributed by atoms with Crippen molar-refractivity contribution in [3.05, 3.63) is 84.1 Å². The number of methoxy groups -OCH3 is 1. The number of hydrogen-bond donors (Lipinski definition) is 1. The van der Waals surface area contributed by atoms with Crippen LogP contribution < -0.4 is 20.7 Å². The Morgan fingerprint density at radius 3 is 2.47 bits per heavy atom. The molecule has 3 aliphatic heterocycles. The maximum absolute atomic E-state index is 14.0.